The van der Waals surface area contributed by atoms with E-state index >= 15 is 0 Å². The van der Waals surface area contributed by atoms with Crippen molar-refractivity contribution >= 4 is 21.9 Å². The molecule has 188 valence electrons. The molecule has 0 bridgehead atoms. The number of hydrogen-bond donors (Lipinski definition) is 2. The van der Waals surface area contributed by atoms with Crippen molar-refractivity contribution in [2.24, 2.45) is 0 Å². The summed E-state index contributed by atoms with van der Waals surface area (Å²) in [5.41, 5.74) is 0. The Morgan fingerprint density at radius 1 is 1.15 bits per heavy atom. The van der Waals surface area contributed by atoms with Crippen LogP contribution in [0.25, 0.3) is 0 Å². The average molecular weight is 500 g/mol. The first kappa shape index (κ1) is 28.5. The molecule has 14 heteroatoms. The normalized spacial score (nSPS) is 14.5. The molecule has 1 aromatic rings. The largest absolute Gasteiger partial charge is 0.493 e. The van der Waals surface area contributed by atoms with Crippen LogP contribution in [0.1, 0.15) is 13.8 Å². The van der Waals surface area contributed by atoms with Crippen molar-refractivity contribution in [3.63, 3.8) is 0 Å². The highest BCUT2D eigenvalue weighted by Gasteiger charge is 2.38. The molecule has 2 N–H and O–H groups in total. The van der Waals surface area contributed by atoms with Gasteiger partial charge in [-0.3, -0.25) is 4.79 Å². The smallest absolute Gasteiger partial charge is 0.490 e. The Kier molecular flexibility index (Phi) is 10.4. The zero-order valence-corrected chi connectivity index (χ0v) is 19.5. The van der Waals surface area contributed by atoms with Crippen molar-refractivity contribution in [3.05, 3.63) is 18.2 Å². The third-order valence-electron chi connectivity index (χ3n) is 4.54. The fraction of sp³-hybridized carbons (Fsp3) is 0.579. The summed E-state index contributed by atoms with van der Waals surface area (Å²) in [5, 5.41) is 10.3. The van der Waals surface area contributed by atoms with Gasteiger partial charge >= 0.3 is 12.1 Å². The van der Waals surface area contributed by atoms with E-state index in [2.05, 4.69) is 5.32 Å². The van der Waals surface area contributed by atoms with Gasteiger partial charge < -0.3 is 24.8 Å². The van der Waals surface area contributed by atoms with Gasteiger partial charge in [-0.25, -0.2) is 13.2 Å². The van der Waals surface area contributed by atoms with Gasteiger partial charge in [0, 0.05) is 38.3 Å². The Morgan fingerprint density at radius 2 is 1.67 bits per heavy atom. The van der Waals surface area contributed by atoms with Crippen molar-refractivity contribution in [2.45, 2.75) is 31.0 Å². The van der Waals surface area contributed by atoms with E-state index in [0.29, 0.717) is 24.6 Å². The number of carboxylic acids is 1. The van der Waals surface area contributed by atoms with Crippen molar-refractivity contribution in [2.75, 3.05) is 46.9 Å². The van der Waals surface area contributed by atoms with Gasteiger partial charge in [-0.05, 0) is 26.0 Å². The predicted octanol–water partition coefficient (Wildman–Crippen LogP) is 1.17. The van der Waals surface area contributed by atoms with Crippen LogP contribution in [0.3, 0.4) is 0 Å². The Balaban J connectivity index is 0.000000675. The lowest BCUT2D eigenvalue weighted by Crippen LogP contribution is -2.51. The molecule has 2 rings (SSSR count). The third-order valence-corrected chi connectivity index (χ3v) is 6.56. The molecule has 1 amide bonds. The van der Waals surface area contributed by atoms with Crippen molar-refractivity contribution in [1.29, 1.82) is 0 Å². The summed E-state index contributed by atoms with van der Waals surface area (Å²) in [6, 6.07) is 4.06. The van der Waals surface area contributed by atoms with Gasteiger partial charge in [0.1, 0.15) is 0 Å². The molecule has 0 unspecified atom stereocenters. The van der Waals surface area contributed by atoms with Crippen LogP contribution in [0.5, 0.6) is 11.5 Å². The Hall–Kier alpha value is -2.58. The summed E-state index contributed by atoms with van der Waals surface area (Å²) in [7, 11) is -0.925. The minimum absolute atomic E-state index is 0.0666. The molecule has 1 saturated heterocycles. The van der Waals surface area contributed by atoms with Gasteiger partial charge in [-0.15, -0.1) is 0 Å². The lowest BCUT2D eigenvalue weighted by Gasteiger charge is -2.31. The molecule has 33 heavy (non-hydrogen) atoms. The number of rotatable bonds is 7. The number of sulfonamides is 1. The van der Waals surface area contributed by atoms with Gasteiger partial charge in [0.05, 0.1) is 25.7 Å². The third kappa shape index (κ3) is 8.05. The second kappa shape index (κ2) is 12.0. The maximum atomic E-state index is 13.1. The number of nitrogens with one attached hydrogen (secondary N) is 1. The Morgan fingerprint density at radius 3 is 2.09 bits per heavy atom. The maximum absolute atomic E-state index is 13.1. The molecule has 1 aromatic carbocycles. The number of methoxy groups -OCH3 is 2. The molecular weight excluding hydrogens is 471 g/mol. The van der Waals surface area contributed by atoms with Gasteiger partial charge in [-0.1, -0.05) is 0 Å². The number of nitrogens with zero attached hydrogens (tertiary/aromatic N) is 2. The summed E-state index contributed by atoms with van der Waals surface area (Å²) in [6.07, 6.45) is -5.08. The van der Waals surface area contributed by atoms with Gasteiger partial charge in [0.2, 0.25) is 15.9 Å². The van der Waals surface area contributed by atoms with Crippen LogP contribution in [-0.2, 0) is 19.6 Å². The molecular formula is C19H28F3N3O7S. The number of hydrogen-bond acceptors (Lipinski definition) is 7. The molecule has 0 spiro atoms. The van der Waals surface area contributed by atoms with Crippen LogP contribution >= 0.6 is 0 Å². The topological polar surface area (TPSA) is 125 Å². The lowest BCUT2D eigenvalue weighted by atomic mass is 10.3. The number of alkyl halides is 3. The second-order valence-electron chi connectivity index (χ2n) is 7.09. The summed E-state index contributed by atoms with van der Waals surface area (Å²) >= 11 is 0. The Labute approximate surface area is 190 Å². The lowest BCUT2D eigenvalue weighted by molar-refractivity contribution is -0.192. The molecule has 1 heterocycles. The van der Waals surface area contributed by atoms with E-state index in [1.54, 1.807) is 24.8 Å². The number of carboxylic acid groups (broad SMARTS) is 1. The first-order chi connectivity index (χ1) is 15.2. The molecule has 10 nitrogen and oxygen atoms in total. The SMILES string of the molecule is COc1ccc(S(=O)(=O)N(CC(=O)N2CCNCC2)C(C)C)cc1OC.O=C(O)C(F)(F)F. The molecule has 0 atom stereocenters. The van der Waals surface area contributed by atoms with Crippen LogP contribution in [0.4, 0.5) is 13.2 Å². The fourth-order valence-electron chi connectivity index (χ4n) is 2.81. The Bertz CT molecular complexity index is 918. The van der Waals surface area contributed by atoms with E-state index in [9.17, 15) is 26.4 Å². The molecule has 1 fully saturated rings. The molecule has 0 saturated carbocycles. The van der Waals surface area contributed by atoms with Crippen LogP contribution in [0.2, 0.25) is 0 Å². The highest BCUT2D eigenvalue weighted by atomic mass is 32.2. The number of carbonyl (C=O) groups excluding carboxylic acids is 1. The number of carbonyl (C=O) groups is 2. The minimum Gasteiger partial charge on any atom is -0.493 e. The molecule has 0 radical (unpaired) electrons. The molecule has 1 aliphatic rings. The zero-order valence-electron chi connectivity index (χ0n) is 18.7. The van der Waals surface area contributed by atoms with E-state index < -0.39 is 22.2 Å². The van der Waals surface area contributed by atoms with E-state index in [4.69, 9.17) is 19.4 Å². The van der Waals surface area contributed by atoms with Crippen LogP contribution in [0.15, 0.2) is 23.1 Å². The first-order valence-electron chi connectivity index (χ1n) is 9.78. The highest BCUT2D eigenvalue weighted by Crippen LogP contribution is 2.31. The van der Waals surface area contributed by atoms with Crippen molar-refractivity contribution in [1.82, 2.24) is 14.5 Å². The first-order valence-corrected chi connectivity index (χ1v) is 11.2. The number of ether oxygens (including phenoxy) is 2. The minimum atomic E-state index is -5.08. The predicted molar refractivity (Wildman–Crippen MR) is 112 cm³/mol. The van der Waals surface area contributed by atoms with Crippen LogP contribution in [0, 0.1) is 0 Å². The summed E-state index contributed by atoms with van der Waals surface area (Å²) < 4.78 is 69.5. The van der Waals surface area contributed by atoms with Crippen molar-refractivity contribution < 1.29 is 45.8 Å². The zero-order chi connectivity index (χ0) is 25.4. The number of piperazine rings is 1. The maximum Gasteiger partial charge on any atom is 0.490 e. The van der Waals surface area contributed by atoms with E-state index in [-0.39, 0.29) is 23.4 Å². The van der Waals surface area contributed by atoms with E-state index in [1.807, 2.05) is 0 Å². The quantitative estimate of drug-likeness (QED) is 0.573. The number of benzene rings is 1. The monoisotopic (exact) mass is 499 g/mol. The summed E-state index contributed by atoms with van der Waals surface area (Å²) in [4.78, 5) is 23.2. The molecule has 0 aromatic heterocycles. The summed E-state index contributed by atoms with van der Waals surface area (Å²) in [6.45, 7) is 5.93. The fourth-order valence-corrected chi connectivity index (χ4v) is 4.41. The number of aliphatic carboxylic acids is 1. The van der Waals surface area contributed by atoms with Gasteiger partial charge in [0.25, 0.3) is 0 Å². The molecule has 0 aliphatic carbocycles. The van der Waals surface area contributed by atoms with E-state index in [0.717, 1.165) is 13.1 Å². The van der Waals surface area contributed by atoms with E-state index in [1.165, 1.54) is 30.7 Å². The number of amides is 1. The van der Waals surface area contributed by atoms with Gasteiger partial charge in [-0.2, -0.15) is 17.5 Å². The van der Waals surface area contributed by atoms with Crippen LogP contribution < -0.4 is 14.8 Å². The summed E-state index contributed by atoms with van der Waals surface area (Å²) in [5.74, 6) is -2.18. The standard InChI is InChI=1S/C17H27N3O5S.C2HF3O2/c1-13(2)20(12-17(21)19-9-7-18-8-10-19)26(22,23)14-5-6-15(24-3)16(11-14)25-4;3-2(4,5)1(6)7/h5-6,11,13,18H,7-10,12H2,1-4H3;(H,6,7). The number of halogens is 3. The second-order valence-corrected chi connectivity index (χ2v) is 8.99. The van der Waals surface area contributed by atoms with Crippen molar-refractivity contribution in [3.8, 4) is 11.5 Å². The molecule has 1 aliphatic heterocycles. The average Bonchev–Trinajstić information content (AvgIpc) is 2.76. The van der Waals surface area contributed by atoms with Crippen LogP contribution in [-0.4, -0.2) is 93.8 Å². The highest BCUT2D eigenvalue weighted by molar-refractivity contribution is 7.89. The van der Waals surface area contributed by atoms with Gasteiger partial charge in [0.15, 0.2) is 11.5 Å².